The van der Waals surface area contributed by atoms with E-state index in [0.29, 0.717) is 23.8 Å². The molecule has 3 N–H and O–H groups in total. The summed E-state index contributed by atoms with van der Waals surface area (Å²) in [5, 5.41) is 3.96. The zero-order chi connectivity index (χ0) is 21.3. The van der Waals surface area contributed by atoms with Gasteiger partial charge in [0.15, 0.2) is 0 Å². The van der Waals surface area contributed by atoms with Gasteiger partial charge in [-0.25, -0.2) is 15.3 Å². The number of hydroxylamine groups is 3. The number of hydrogen-bond acceptors (Lipinski definition) is 8. The van der Waals surface area contributed by atoms with Crippen molar-refractivity contribution >= 4 is 22.3 Å². The molecule has 3 saturated heterocycles. The summed E-state index contributed by atoms with van der Waals surface area (Å²) in [5.74, 6) is -0.0433. The van der Waals surface area contributed by atoms with Crippen molar-refractivity contribution in [1.82, 2.24) is 30.3 Å². The van der Waals surface area contributed by atoms with Crippen LogP contribution in [0.2, 0.25) is 0 Å². The van der Waals surface area contributed by atoms with Gasteiger partial charge in [-0.2, -0.15) is 13.5 Å². The first-order valence-electron chi connectivity index (χ1n) is 9.68. The Morgan fingerprint density at radius 3 is 2.97 bits per heavy atom. The van der Waals surface area contributed by atoms with Gasteiger partial charge in [-0.3, -0.25) is 14.2 Å². The Morgan fingerprint density at radius 2 is 2.23 bits per heavy atom. The van der Waals surface area contributed by atoms with Gasteiger partial charge in [-0.1, -0.05) is 0 Å². The summed E-state index contributed by atoms with van der Waals surface area (Å²) in [6.07, 6.45) is 7.01. The molecule has 3 aliphatic rings. The lowest BCUT2D eigenvalue weighted by molar-refractivity contribution is -0.139. The summed E-state index contributed by atoms with van der Waals surface area (Å²) in [4.78, 5) is 35.4. The highest BCUT2D eigenvalue weighted by Crippen LogP contribution is 2.30. The fourth-order valence-corrected chi connectivity index (χ4v) is 4.64. The van der Waals surface area contributed by atoms with Crippen LogP contribution in [0.1, 0.15) is 19.3 Å². The summed E-state index contributed by atoms with van der Waals surface area (Å²) in [6, 6.07) is -2.02. The molecule has 30 heavy (non-hydrogen) atoms. The Bertz CT molecular complexity index is 879. The largest absolute Gasteiger partial charge is 0.418 e. The van der Waals surface area contributed by atoms with Crippen molar-refractivity contribution in [3.8, 4) is 0 Å². The van der Waals surface area contributed by atoms with Crippen molar-refractivity contribution in [3.05, 3.63) is 18.7 Å². The number of fused-ring (bicyclic) bond motifs is 2. The van der Waals surface area contributed by atoms with E-state index in [1.54, 1.807) is 12.5 Å². The van der Waals surface area contributed by atoms with Gasteiger partial charge in [-0.15, -0.1) is 4.28 Å². The van der Waals surface area contributed by atoms with Gasteiger partial charge in [0.1, 0.15) is 6.04 Å². The number of rotatable bonds is 8. The summed E-state index contributed by atoms with van der Waals surface area (Å²) in [7, 11) is -4.82. The highest BCUT2D eigenvalue weighted by atomic mass is 32.3. The molecule has 4 rings (SSSR count). The molecule has 0 radical (unpaired) electrons. The molecule has 0 saturated carbocycles. The standard InChI is InChI=1S/C16H24N6O7S/c23-15(14-2-1-13-8-21(14)16(24)22(13)29-30(25,26)27)19-28-9-12-5-11(6-18-12)7-20-4-3-17-10-20/h3-4,10-14,18H,1-2,5-9H2,(H,19,23)(H,25,26,27)/t11-,12-,13?,14?/m0/s1. The molecular weight excluding hydrogens is 420 g/mol. The summed E-state index contributed by atoms with van der Waals surface area (Å²) in [5.41, 5.74) is 2.39. The minimum Gasteiger partial charge on any atom is -0.337 e. The third kappa shape index (κ3) is 4.73. The second-order valence-electron chi connectivity index (χ2n) is 7.75. The molecule has 166 valence electrons. The lowest BCUT2D eigenvalue weighted by atomic mass is 10.0. The van der Waals surface area contributed by atoms with Gasteiger partial charge in [0, 0.05) is 38.1 Å². The van der Waals surface area contributed by atoms with E-state index in [-0.39, 0.29) is 19.2 Å². The van der Waals surface area contributed by atoms with Gasteiger partial charge in [0.25, 0.3) is 5.91 Å². The van der Waals surface area contributed by atoms with Gasteiger partial charge < -0.3 is 14.8 Å². The maximum absolute atomic E-state index is 12.5. The predicted octanol–water partition coefficient (Wildman–Crippen LogP) is -1.09. The third-order valence-electron chi connectivity index (χ3n) is 5.60. The van der Waals surface area contributed by atoms with Crippen molar-refractivity contribution < 1.29 is 31.7 Å². The van der Waals surface area contributed by atoms with Crippen LogP contribution < -0.4 is 10.8 Å². The number of aromatic nitrogens is 2. The molecule has 1 aromatic heterocycles. The fourth-order valence-electron chi connectivity index (χ4n) is 4.25. The van der Waals surface area contributed by atoms with Crippen LogP contribution in [-0.4, -0.2) is 82.2 Å². The Kier molecular flexibility index (Phi) is 5.92. The van der Waals surface area contributed by atoms with E-state index in [4.69, 9.17) is 9.39 Å². The lowest BCUT2D eigenvalue weighted by Crippen LogP contribution is -2.50. The molecule has 3 fully saturated rings. The molecule has 1 aromatic rings. The topological polar surface area (TPSA) is 155 Å². The first-order valence-corrected chi connectivity index (χ1v) is 11.0. The normalized spacial score (nSPS) is 28.9. The quantitative estimate of drug-likeness (QED) is 0.335. The van der Waals surface area contributed by atoms with E-state index in [0.717, 1.165) is 19.5 Å². The van der Waals surface area contributed by atoms with Crippen LogP contribution in [0.3, 0.4) is 0 Å². The van der Waals surface area contributed by atoms with E-state index in [1.165, 1.54) is 4.90 Å². The van der Waals surface area contributed by atoms with Gasteiger partial charge >= 0.3 is 16.4 Å². The van der Waals surface area contributed by atoms with Gasteiger partial charge in [0.05, 0.1) is 19.0 Å². The van der Waals surface area contributed by atoms with E-state index in [2.05, 4.69) is 20.1 Å². The first-order chi connectivity index (χ1) is 14.3. The van der Waals surface area contributed by atoms with Crippen molar-refractivity contribution in [2.24, 2.45) is 5.92 Å². The number of carbonyl (C=O) groups excluding carboxylic acids is 2. The second-order valence-corrected chi connectivity index (χ2v) is 8.76. The molecule has 0 aromatic carbocycles. The summed E-state index contributed by atoms with van der Waals surface area (Å²) in [6.45, 7) is 2.12. The summed E-state index contributed by atoms with van der Waals surface area (Å²) >= 11 is 0. The molecule has 4 atom stereocenters. The summed E-state index contributed by atoms with van der Waals surface area (Å²) < 4.78 is 37.0. The van der Waals surface area contributed by atoms with Crippen LogP contribution in [0.5, 0.6) is 0 Å². The third-order valence-corrected chi connectivity index (χ3v) is 5.95. The van der Waals surface area contributed by atoms with E-state index < -0.39 is 34.4 Å². The predicted molar refractivity (Wildman–Crippen MR) is 99.6 cm³/mol. The number of piperidine rings is 1. The molecule has 0 aliphatic carbocycles. The van der Waals surface area contributed by atoms with E-state index in [9.17, 15) is 18.0 Å². The maximum Gasteiger partial charge on any atom is 0.418 e. The number of nitrogens with one attached hydrogen (secondary N) is 2. The average Bonchev–Trinajstić information content (AvgIpc) is 3.40. The lowest BCUT2D eigenvalue weighted by Gasteiger charge is -2.29. The van der Waals surface area contributed by atoms with Crippen LogP contribution in [0.25, 0.3) is 0 Å². The Hall–Kier alpha value is -2.26. The number of urea groups is 1. The number of hydrogen-bond donors (Lipinski definition) is 3. The molecule has 3 amide bonds. The fraction of sp³-hybridized carbons (Fsp3) is 0.688. The number of amides is 3. The van der Waals surface area contributed by atoms with Crippen molar-refractivity contribution in [1.29, 1.82) is 0 Å². The van der Waals surface area contributed by atoms with E-state index in [1.807, 2.05) is 10.8 Å². The van der Waals surface area contributed by atoms with Crippen LogP contribution in [-0.2, 0) is 30.9 Å². The van der Waals surface area contributed by atoms with Crippen LogP contribution in [0.15, 0.2) is 18.7 Å². The minimum absolute atomic E-state index is 0.0987. The van der Waals surface area contributed by atoms with E-state index >= 15 is 0 Å². The Balaban J connectivity index is 1.22. The zero-order valence-corrected chi connectivity index (χ0v) is 16.9. The van der Waals surface area contributed by atoms with Crippen molar-refractivity contribution in [2.75, 3.05) is 19.7 Å². The number of carbonyl (C=O) groups is 2. The number of nitrogens with zero attached hydrogens (tertiary/aromatic N) is 4. The Labute approximate surface area is 173 Å². The highest BCUT2D eigenvalue weighted by Gasteiger charge is 2.49. The average molecular weight is 444 g/mol. The smallest absolute Gasteiger partial charge is 0.337 e. The molecule has 4 heterocycles. The Morgan fingerprint density at radius 1 is 1.40 bits per heavy atom. The molecule has 2 bridgehead atoms. The van der Waals surface area contributed by atoms with Crippen LogP contribution in [0.4, 0.5) is 4.79 Å². The molecular formula is C16H24N6O7S. The second kappa shape index (κ2) is 8.47. The maximum atomic E-state index is 12.5. The molecule has 0 spiro atoms. The van der Waals surface area contributed by atoms with Crippen molar-refractivity contribution in [3.63, 3.8) is 0 Å². The van der Waals surface area contributed by atoms with Crippen molar-refractivity contribution in [2.45, 2.75) is 43.9 Å². The van der Waals surface area contributed by atoms with Gasteiger partial charge in [0.2, 0.25) is 0 Å². The van der Waals surface area contributed by atoms with Crippen LogP contribution in [0, 0.1) is 5.92 Å². The molecule has 3 aliphatic heterocycles. The number of imidazole rings is 1. The molecule has 2 unspecified atom stereocenters. The van der Waals surface area contributed by atoms with Crippen LogP contribution >= 0.6 is 0 Å². The minimum atomic E-state index is -4.82. The van der Waals surface area contributed by atoms with Gasteiger partial charge in [-0.05, 0) is 25.2 Å². The highest BCUT2D eigenvalue weighted by molar-refractivity contribution is 7.80. The SMILES string of the molecule is O=C(NOC[C@@H]1C[C@H](Cn2ccnc2)CN1)C1CCC2CN1C(=O)N2OS(=O)(=O)O. The molecule has 14 heteroatoms. The first kappa shape index (κ1) is 21.0. The monoisotopic (exact) mass is 444 g/mol. The molecule has 13 nitrogen and oxygen atoms in total. The zero-order valence-electron chi connectivity index (χ0n) is 16.1.